The van der Waals surface area contributed by atoms with Crippen LogP contribution in [0.4, 0.5) is 0 Å². The van der Waals surface area contributed by atoms with Gasteiger partial charge in [-0.3, -0.25) is 4.90 Å². The van der Waals surface area contributed by atoms with E-state index in [0.717, 1.165) is 0 Å². The third kappa shape index (κ3) is 2.80. The van der Waals surface area contributed by atoms with Crippen LogP contribution in [0.15, 0.2) is 0 Å². The van der Waals surface area contributed by atoms with Gasteiger partial charge in [0.15, 0.2) is 0 Å². The van der Waals surface area contributed by atoms with E-state index in [1.165, 1.54) is 0 Å². The summed E-state index contributed by atoms with van der Waals surface area (Å²) in [5.74, 6) is 0. The van der Waals surface area contributed by atoms with Gasteiger partial charge in [-0.15, -0.1) is 0 Å². The predicted octanol–water partition coefficient (Wildman–Crippen LogP) is 0.990. The minimum absolute atomic E-state index is 0.0904. The second kappa shape index (κ2) is 5.13. The summed E-state index contributed by atoms with van der Waals surface area (Å²) in [5.41, 5.74) is 0. The van der Waals surface area contributed by atoms with Crippen molar-refractivity contribution < 1.29 is 5.11 Å². The monoisotopic (exact) mass is 170 g/mol. The molecule has 70 valence electrons. The first kappa shape index (κ1) is 11.4. The van der Waals surface area contributed by atoms with E-state index in [0.29, 0.717) is 12.1 Å². The molecule has 0 spiro atoms. The van der Waals surface area contributed by atoms with Gasteiger partial charge in [-0.1, -0.05) is 0 Å². The molecule has 1 atom stereocenters. The molecule has 0 aliphatic rings. The summed E-state index contributed by atoms with van der Waals surface area (Å²) in [7, 11) is 0. The average Bonchev–Trinajstić information content (AvgIpc) is 1.98. The van der Waals surface area contributed by atoms with Gasteiger partial charge in [0.05, 0.1) is 12.7 Å². The molecule has 0 aliphatic heterocycles. The largest absolute Gasteiger partial charge is 0.394 e. The third-order valence-electron chi connectivity index (χ3n) is 1.87. The zero-order chi connectivity index (χ0) is 9.72. The number of hydrogen-bond acceptors (Lipinski definition) is 3. The molecule has 3 nitrogen and oxygen atoms in total. The van der Waals surface area contributed by atoms with Crippen molar-refractivity contribution in [3.8, 4) is 6.07 Å². The lowest BCUT2D eigenvalue weighted by atomic mass is 10.1. The van der Waals surface area contributed by atoms with E-state index in [2.05, 4.69) is 6.07 Å². The first-order chi connectivity index (χ1) is 5.54. The van der Waals surface area contributed by atoms with Gasteiger partial charge in [0.25, 0.3) is 0 Å². The molecule has 0 amide bonds. The van der Waals surface area contributed by atoms with Crippen LogP contribution in [0.5, 0.6) is 0 Å². The van der Waals surface area contributed by atoms with Crippen LogP contribution >= 0.6 is 0 Å². The average molecular weight is 170 g/mol. The number of nitriles is 1. The molecular formula is C9H18N2O. The van der Waals surface area contributed by atoms with E-state index in [9.17, 15) is 0 Å². The number of nitrogens with zero attached hydrogens (tertiary/aromatic N) is 2. The fourth-order valence-electron chi connectivity index (χ4n) is 1.52. The summed E-state index contributed by atoms with van der Waals surface area (Å²) < 4.78 is 0. The molecule has 1 N–H and O–H groups in total. The Balaban J connectivity index is 4.39. The lowest BCUT2D eigenvalue weighted by Crippen LogP contribution is -2.46. The van der Waals surface area contributed by atoms with E-state index < -0.39 is 0 Å². The van der Waals surface area contributed by atoms with Gasteiger partial charge in [0.2, 0.25) is 0 Å². The van der Waals surface area contributed by atoms with Crippen LogP contribution in [0.3, 0.4) is 0 Å². The van der Waals surface area contributed by atoms with Crippen LogP contribution in [0.25, 0.3) is 0 Å². The van der Waals surface area contributed by atoms with Gasteiger partial charge in [-0.2, -0.15) is 5.26 Å². The highest BCUT2D eigenvalue weighted by molar-refractivity contribution is 4.93. The van der Waals surface area contributed by atoms with Crippen molar-refractivity contribution in [2.75, 3.05) is 6.61 Å². The van der Waals surface area contributed by atoms with E-state index in [4.69, 9.17) is 10.4 Å². The second-order valence-corrected chi connectivity index (χ2v) is 3.46. The van der Waals surface area contributed by atoms with Crippen molar-refractivity contribution in [2.45, 2.75) is 45.8 Å². The quantitative estimate of drug-likeness (QED) is 0.684. The lowest BCUT2D eigenvalue weighted by Gasteiger charge is -2.33. The minimum atomic E-state index is -0.370. The molecule has 0 aliphatic carbocycles. The van der Waals surface area contributed by atoms with Gasteiger partial charge in [0.1, 0.15) is 6.04 Å². The Morgan fingerprint density at radius 1 is 1.25 bits per heavy atom. The zero-order valence-corrected chi connectivity index (χ0v) is 8.28. The van der Waals surface area contributed by atoms with E-state index in [-0.39, 0.29) is 12.6 Å². The highest BCUT2D eigenvalue weighted by Crippen LogP contribution is 2.09. The first-order valence-electron chi connectivity index (χ1n) is 4.32. The Bertz CT molecular complexity index is 152. The standard InChI is InChI=1S/C9H18N2O/c1-7(2)11(8(3)4)9(5-10)6-12/h7-9,12H,6H2,1-4H3. The highest BCUT2D eigenvalue weighted by Gasteiger charge is 2.22. The molecule has 0 saturated carbocycles. The van der Waals surface area contributed by atoms with Crippen LogP contribution in [-0.2, 0) is 0 Å². The van der Waals surface area contributed by atoms with E-state index >= 15 is 0 Å². The van der Waals surface area contributed by atoms with Gasteiger partial charge < -0.3 is 5.11 Å². The number of rotatable bonds is 4. The molecule has 0 aromatic heterocycles. The summed E-state index contributed by atoms with van der Waals surface area (Å²) in [6.45, 7) is 8.02. The molecule has 3 heteroatoms. The molecule has 12 heavy (non-hydrogen) atoms. The van der Waals surface area contributed by atoms with Crippen molar-refractivity contribution in [3.05, 3.63) is 0 Å². The minimum Gasteiger partial charge on any atom is -0.394 e. The number of aliphatic hydroxyl groups is 1. The van der Waals surface area contributed by atoms with Gasteiger partial charge in [-0.05, 0) is 27.7 Å². The maximum absolute atomic E-state index is 8.93. The van der Waals surface area contributed by atoms with Crippen molar-refractivity contribution in [3.63, 3.8) is 0 Å². The van der Waals surface area contributed by atoms with Crippen LogP contribution in [0.1, 0.15) is 27.7 Å². The van der Waals surface area contributed by atoms with E-state index in [1.54, 1.807) is 0 Å². The SMILES string of the molecule is CC(C)N(C(C)C)C(C#N)CO. The maximum atomic E-state index is 8.93. The Labute approximate surface area is 74.6 Å². The maximum Gasteiger partial charge on any atom is 0.122 e. The topological polar surface area (TPSA) is 47.3 Å². The number of hydrogen-bond donors (Lipinski definition) is 1. The molecule has 0 aromatic carbocycles. The summed E-state index contributed by atoms with van der Waals surface area (Å²) in [5, 5.41) is 17.7. The molecule has 0 radical (unpaired) electrons. The van der Waals surface area contributed by atoms with Crippen molar-refractivity contribution in [1.29, 1.82) is 5.26 Å². The fourth-order valence-corrected chi connectivity index (χ4v) is 1.52. The third-order valence-corrected chi connectivity index (χ3v) is 1.87. The van der Waals surface area contributed by atoms with Crippen molar-refractivity contribution in [2.24, 2.45) is 0 Å². The molecule has 0 fully saturated rings. The van der Waals surface area contributed by atoms with Crippen LogP contribution in [0.2, 0.25) is 0 Å². The Morgan fingerprint density at radius 3 is 1.75 bits per heavy atom. The molecule has 0 heterocycles. The van der Waals surface area contributed by atoms with E-state index in [1.807, 2.05) is 32.6 Å². The highest BCUT2D eigenvalue weighted by atomic mass is 16.3. The van der Waals surface area contributed by atoms with Crippen molar-refractivity contribution >= 4 is 0 Å². The zero-order valence-electron chi connectivity index (χ0n) is 8.28. The normalized spacial score (nSPS) is 13.9. The first-order valence-corrected chi connectivity index (χ1v) is 4.32. The van der Waals surface area contributed by atoms with Crippen LogP contribution < -0.4 is 0 Å². The number of aliphatic hydroxyl groups excluding tert-OH is 1. The van der Waals surface area contributed by atoms with Gasteiger partial charge in [-0.25, -0.2) is 0 Å². The molecule has 0 bridgehead atoms. The molecule has 0 saturated heterocycles. The molecule has 0 rings (SSSR count). The fraction of sp³-hybridized carbons (Fsp3) is 0.889. The molecular weight excluding hydrogens is 152 g/mol. The van der Waals surface area contributed by atoms with Gasteiger partial charge >= 0.3 is 0 Å². The predicted molar refractivity (Wildman–Crippen MR) is 48.6 cm³/mol. The molecule has 0 aromatic rings. The van der Waals surface area contributed by atoms with Crippen LogP contribution in [-0.4, -0.2) is 34.7 Å². The lowest BCUT2D eigenvalue weighted by molar-refractivity contribution is 0.0971. The smallest absolute Gasteiger partial charge is 0.122 e. The summed E-state index contributed by atoms with van der Waals surface area (Å²) in [4.78, 5) is 2.00. The summed E-state index contributed by atoms with van der Waals surface area (Å²) >= 11 is 0. The Hall–Kier alpha value is -0.590. The van der Waals surface area contributed by atoms with Gasteiger partial charge in [0, 0.05) is 12.1 Å². The van der Waals surface area contributed by atoms with Crippen LogP contribution in [0, 0.1) is 11.3 Å². The Kier molecular flexibility index (Phi) is 4.87. The molecule has 1 unspecified atom stereocenters. The summed E-state index contributed by atoms with van der Waals surface area (Å²) in [6, 6.07) is 2.31. The summed E-state index contributed by atoms with van der Waals surface area (Å²) in [6.07, 6.45) is 0. The van der Waals surface area contributed by atoms with Crippen molar-refractivity contribution in [1.82, 2.24) is 4.90 Å². The Morgan fingerprint density at radius 2 is 1.67 bits per heavy atom. The second-order valence-electron chi connectivity index (χ2n) is 3.46.